The monoisotopic (exact) mass is 299 g/mol. The fourth-order valence-corrected chi connectivity index (χ4v) is 2.76. The van der Waals surface area contributed by atoms with Crippen LogP contribution in [0.1, 0.15) is 35.7 Å². The first kappa shape index (κ1) is 15.1. The lowest BCUT2D eigenvalue weighted by Gasteiger charge is -2.24. The molecule has 0 bridgehead atoms. The molecule has 1 amide bonds. The lowest BCUT2D eigenvalue weighted by molar-refractivity contribution is 0.0889. The Kier molecular flexibility index (Phi) is 4.50. The standard InChI is InChI=1S/C14H19ClFN3O/c1-3-19-6-4-5-11(19)18-14(20)9-7-10(16)13(17)12(15)8(9)2/h7,11H,3-6,17H2,1-2H3,(H,18,20). The highest BCUT2D eigenvalue weighted by molar-refractivity contribution is 6.34. The molecular weight excluding hydrogens is 281 g/mol. The van der Waals surface area contributed by atoms with Gasteiger partial charge in [-0.25, -0.2) is 4.39 Å². The minimum Gasteiger partial charge on any atom is -0.395 e. The van der Waals surface area contributed by atoms with Gasteiger partial charge in [0.1, 0.15) is 5.82 Å². The van der Waals surface area contributed by atoms with Crippen LogP contribution in [0.3, 0.4) is 0 Å². The Hall–Kier alpha value is -1.33. The molecule has 1 saturated heterocycles. The van der Waals surface area contributed by atoms with Crippen molar-refractivity contribution in [2.75, 3.05) is 18.8 Å². The molecule has 4 nitrogen and oxygen atoms in total. The lowest BCUT2D eigenvalue weighted by Crippen LogP contribution is -2.44. The van der Waals surface area contributed by atoms with Gasteiger partial charge in [-0.2, -0.15) is 0 Å². The van der Waals surface area contributed by atoms with E-state index in [4.69, 9.17) is 17.3 Å². The normalized spacial score (nSPS) is 19.3. The third kappa shape index (κ3) is 2.74. The van der Waals surface area contributed by atoms with E-state index < -0.39 is 5.82 Å². The van der Waals surface area contributed by atoms with Crippen molar-refractivity contribution in [3.8, 4) is 0 Å². The van der Waals surface area contributed by atoms with Crippen LogP contribution < -0.4 is 11.1 Å². The van der Waals surface area contributed by atoms with E-state index in [0.717, 1.165) is 32.0 Å². The fourth-order valence-electron chi connectivity index (χ4n) is 2.57. The highest BCUT2D eigenvalue weighted by atomic mass is 35.5. The van der Waals surface area contributed by atoms with E-state index >= 15 is 0 Å². The van der Waals surface area contributed by atoms with Crippen LogP contribution in [-0.4, -0.2) is 30.1 Å². The van der Waals surface area contributed by atoms with Crippen LogP contribution in [0.5, 0.6) is 0 Å². The largest absolute Gasteiger partial charge is 0.395 e. The number of nitrogens with one attached hydrogen (secondary N) is 1. The molecule has 20 heavy (non-hydrogen) atoms. The Bertz CT molecular complexity index is 536. The van der Waals surface area contributed by atoms with Gasteiger partial charge in [-0.05, 0) is 37.9 Å². The Morgan fingerprint density at radius 1 is 1.65 bits per heavy atom. The van der Waals surface area contributed by atoms with Crippen LogP contribution in [0.15, 0.2) is 6.07 Å². The van der Waals surface area contributed by atoms with Gasteiger partial charge in [0, 0.05) is 12.1 Å². The number of benzene rings is 1. The second kappa shape index (κ2) is 5.97. The topological polar surface area (TPSA) is 58.4 Å². The van der Waals surface area contributed by atoms with E-state index in [1.54, 1.807) is 6.92 Å². The molecule has 0 radical (unpaired) electrons. The third-order valence-corrected chi connectivity index (χ3v) is 4.30. The first-order valence-electron chi connectivity index (χ1n) is 6.74. The zero-order chi connectivity index (χ0) is 14.9. The van der Waals surface area contributed by atoms with Crippen LogP contribution in [0.4, 0.5) is 10.1 Å². The predicted octanol–water partition coefficient (Wildman–Crippen LogP) is 2.54. The number of amides is 1. The van der Waals surface area contributed by atoms with Gasteiger partial charge in [0.25, 0.3) is 5.91 Å². The van der Waals surface area contributed by atoms with E-state index in [9.17, 15) is 9.18 Å². The molecule has 1 atom stereocenters. The molecule has 0 aromatic heterocycles. The molecule has 1 aromatic rings. The quantitative estimate of drug-likeness (QED) is 0.843. The molecule has 2 rings (SSSR count). The van der Waals surface area contributed by atoms with Gasteiger partial charge in [0.05, 0.1) is 16.9 Å². The van der Waals surface area contributed by atoms with Crippen molar-refractivity contribution in [3.05, 3.63) is 28.0 Å². The molecule has 1 aliphatic heterocycles. The van der Waals surface area contributed by atoms with Crippen molar-refractivity contribution in [3.63, 3.8) is 0 Å². The lowest BCUT2D eigenvalue weighted by atomic mass is 10.1. The number of hydrogen-bond acceptors (Lipinski definition) is 3. The molecule has 1 aromatic carbocycles. The Morgan fingerprint density at radius 3 is 3.00 bits per heavy atom. The first-order chi connectivity index (χ1) is 9.45. The van der Waals surface area contributed by atoms with Crippen LogP contribution >= 0.6 is 11.6 Å². The average molecular weight is 300 g/mol. The molecule has 0 saturated carbocycles. The molecular formula is C14H19ClFN3O. The number of rotatable bonds is 3. The van der Waals surface area contributed by atoms with Gasteiger partial charge in [0.2, 0.25) is 0 Å². The summed E-state index contributed by atoms with van der Waals surface area (Å²) in [5.74, 6) is -0.974. The molecule has 1 unspecified atom stereocenters. The Balaban J connectivity index is 2.22. The highest BCUT2D eigenvalue weighted by Crippen LogP contribution is 2.29. The second-order valence-corrected chi connectivity index (χ2v) is 5.40. The van der Waals surface area contributed by atoms with Crippen molar-refractivity contribution in [2.45, 2.75) is 32.9 Å². The summed E-state index contributed by atoms with van der Waals surface area (Å²) in [5.41, 5.74) is 6.14. The smallest absolute Gasteiger partial charge is 0.252 e. The number of likely N-dealkylation sites (tertiary alicyclic amines) is 1. The maximum atomic E-state index is 13.6. The molecule has 0 aliphatic carbocycles. The molecule has 1 fully saturated rings. The number of nitrogens with zero attached hydrogens (tertiary/aromatic N) is 1. The second-order valence-electron chi connectivity index (χ2n) is 5.02. The molecule has 1 heterocycles. The predicted molar refractivity (Wildman–Crippen MR) is 78.3 cm³/mol. The summed E-state index contributed by atoms with van der Waals surface area (Å²) in [6.07, 6.45) is 1.96. The Labute approximate surface area is 123 Å². The zero-order valence-corrected chi connectivity index (χ0v) is 12.4. The number of carbonyl (C=O) groups excluding carboxylic acids is 1. The van der Waals surface area contributed by atoms with Gasteiger partial charge in [-0.3, -0.25) is 9.69 Å². The van der Waals surface area contributed by atoms with Gasteiger partial charge in [-0.1, -0.05) is 18.5 Å². The summed E-state index contributed by atoms with van der Waals surface area (Å²) in [4.78, 5) is 14.5. The van der Waals surface area contributed by atoms with Crippen LogP contribution in [0.2, 0.25) is 5.02 Å². The van der Waals surface area contributed by atoms with Crippen molar-refractivity contribution < 1.29 is 9.18 Å². The SMILES string of the molecule is CCN1CCCC1NC(=O)c1cc(F)c(N)c(Cl)c1C. The van der Waals surface area contributed by atoms with Gasteiger partial charge < -0.3 is 11.1 Å². The summed E-state index contributed by atoms with van der Waals surface area (Å²) < 4.78 is 13.6. The van der Waals surface area contributed by atoms with Crippen LogP contribution in [0.25, 0.3) is 0 Å². The van der Waals surface area contributed by atoms with E-state index in [2.05, 4.69) is 17.1 Å². The van der Waals surface area contributed by atoms with E-state index in [1.165, 1.54) is 0 Å². The number of anilines is 1. The molecule has 1 aliphatic rings. The van der Waals surface area contributed by atoms with E-state index in [-0.39, 0.29) is 28.3 Å². The third-order valence-electron chi connectivity index (χ3n) is 3.81. The van der Waals surface area contributed by atoms with E-state index in [0.29, 0.717) is 5.56 Å². The minimum absolute atomic E-state index is 0.00582. The first-order valence-corrected chi connectivity index (χ1v) is 7.12. The molecule has 3 N–H and O–H groups in total. The zero-order valence-electron chi connectivity index (χ0n) is 11.7. The number of hydrogen-bond donors (Lipinski definition) is 2. The summed E-state index contributed by atoms with van der Waals surface area (Å²) >= 11 is 5.95. The van der Waals surface area contributed by atoms with Crippen LogP contribution in [0, 0.1) is 12.7 Å². The van der Waals surface area contributed by atoms with Crippen molar-refractivity contribution in [1.29, 1.82) is 0 Å². The summed E-state index contributed by atoms with van der Waals surface area (Å²) in [7, 11) is 0. The summed E-state index contributed by atoms with van der Waals surface area (Å²) in [6, 6.07) is 1.15. The fraction of sp³-hybridized carbons (Fsp3) is 0.500. The van der Waals surface area contributed by atoms with Gasteiger partial charge in [-0.15, -0.1) is 0 Å². The summed E-state index contributed by atoms with van der Waals surface area (Å²) in [5, 5.41) is 3.04. The van der Waals surface area contributed by atoms with Crippen molar-refractivity contribution >= 4 is 23.2 Å². The van der Waals surface area contributed by atoms with Crippen molar-refractivity contribution in [2.24, 2.45) is 0 Å². The van der Waals surface area contributed by atoms with E-state index in [1.807, 2.05) is 0 Å². The maximum absolute atomic E-state index is 13.6. The number of nitrogen functional groups attached to an aromatic ring is 1. The molecule has 0 spiro atoms. The maximum Gasteiger partial charge on any atom is 0.252 e. The average Bonchev–Trinajstić information content (AvgIpc) is 2.87. The number of carbonyl (C=O) groups is 1. The Morgan fingerprint density at radius 2 is 2.35 bits per heavy atom. The van der Waals surface area contributed by atoms with Gasteiger partial charge in [0.15, 0.2) is 0 Å². The van der Waals surface area contributed by atoms with Crippen LogP contribution in [-0.2, 0) is 0 Å². The highest BCUT2D eigenvalue weighted by Gasteiger charge is 2.26. The van der Waals surface area contributed by atoms with Gasteiger partial charge >= 0.3 is 0 Å². The summed E-state index contributed by atoms with van der Waals surface area (Å²) in [6.45, 7) is 5.56. The number of nitrogens with two attached hydrogens (primary N) is 1. The molecule has 110 valence electrons. The molecule has 6 heteroatoms. The minimum atomic E-state index is -0.662. The number of halogens is 2. The van der Waals surface area contributed by atoms with Crippen molar-refractivity contribution in [1.82, 2.24) is 10.2 Å².